The summed E-state index contributed by atoms with van der Waals surface area (Å²) in [6, 6.07) is 0. The van der Waals surface area contributed by atoms with Crippen molar-refractivity contribution >= 4 is 5.91 Å². The van der Waals surface area contributed by atoms with Crippen molar-refractivity contribution in [2.45, 2.75) is 19.3 Å². The van der Waals surface area contributed by atoms with Crippen molar-refractivity contribution < 1.29 is 9.90 Å². The number of amides is 1. The average molecular weight is 186 g/mol. The van der Waals surface area contributed by atoms with Crippen LogP contribution in [0.2, 0.25) is 0 Å². The number of nitrogens with zero attached hydrogens (tertiary/aromatic N) is 1. The van der Waals surface area contributed by atoms with Gasteiger partial charge < -0.3 is 15.7 Å². The van der Waals surface area contributed by atoms with E-state index < -0.39 is 0 Å². The quantitative estimate of drug-likeness (QED) is 0.626. The monoisotopic (exact) mass is 186 g/mol. The lowest BCUT2D eigenvalue weighted by Gasteiger charge is -2.15. The Kier molecular flexibility index (Phi) is 4.18. The molecule has 1 atom stereocenters. The van der Waals surface area contributed by atoms with Gasteiger partial charge in [0.05, 0.1) is 0 Å². The molecule has 13 heavy (non-hydrogen) atoms. The molecule has 0 aromatic carbocycles. The van der Waals surface area contributed by atoms with Crippen LogP contribution in [0.1, 0.15) is 19.3 Å². The van der Waals surface area contributed by atoms with Crippen LogP contribution in [0.15, 0.2) is 0 Å². The van der Waals surface area contributed by atoms with Gasteiger partial charge in [0.15, 0.2) is 0 Å². The summed E-state index contributed by atoms with van der Waals surface area (Å²) >= 11 is 0. The molecule has 0 saturated carbocycles. The smallest absolute Gasteiger partial charge is 0.223 e. The van der Waals surface area contributed by atoms with Crippen molar-refractivity contribution in [2.24, 2.45) is 11.7 Å². The van der Waals surface area contributed by atoms with Crippen molar-refractivity contribution in [1.82, 2.24) is 4.90 Å². The molecule has 76 valence electrons. The second-order valence-corrected chi connectivity index (χ2v) is 3.55. The third-order valence-corrected chi connectivity index (χ3v) is 2.53. The van der Waals surface area contributed by atoms with E-state index in [2.05, 4.69) is 0 Å². The maximum Gasteiger partial charge on any atom is 0.223 e. The summed E-state index contributed by atoms with van der Waals surface area (Å²) in [5.74, 6) is 0.648. The lowest BCUT2D eigenvalue weighted by atomic mass is 10.1. The summed E-state index contributed by atoms with van der Waals surface area (Å²) in [6.07, 6.45) is 2.29. The van der Waals surface area contributed by atoms with E-state index in [1.807, 2.05) is 4.90 Å². The number of carbonyl (C=O) groups is 1. The number of aliphatic hydroxyl groups is 1. The topological polar surface area (TPSA) is 66.6 Å². The number of rotatable bonds is 4. The summed E-state index contributed by atoms with van der Waals surface area (Å²) in [7, 11) is 0. The Labute approximate surface area is 78.7 Å². The molecule has 0 bridgehead atoms. The van der Waals surface area contributed by atoms with Crippen molar-refractivity contribution in [3.8, 4) is 0 Å². The first-order valence-corrected chi connectivity index (χ1v) is 4.86. The van der Waals surface area contributed by atoms with Crippen LogP contribution in [0, 0.1) is 5.92 Å². The fraction of sp³-hybridized carbons (Fsp3) is 0.889. The number of nitrogens with two attached hydrogens (primary N) is 1. The average Bonchev–Trinajstić information content (AvgIpc) is 2.54. The standard InChI is InChI=1S/C9H18N2O2/c10-4-1-9(13)11-5-2-8(7-11)3-6-12/h8,12H,1-7,10H2. The first-order chi connectivity index (χ1) is 6.27. The Balaban J connectivity index is 2.27. The van der Waals surface area contributed by atoms with Gasteiger partial charge in [-0.25, -0.2) is 0 Å². The molecule has 1 amide bonds. The van der Waals surface area contributed by atoms with Crippen LogP contribution in [0.5, 0.6) is 0 Å². The number of carbonyl (C=O) groups excluding carboxylic acids is 1. The number of aliphatic hydroxyl groups excluding tert-OH is 1. The molecule has 1 heterocycles. The predicted molar refractivity (Wildman–Crippen MR) is 50.1 cm³/mol. The summed E-state index contributed by atoms with van der Waals surface area (Å²) in [5.41, 5.74) is 5.30. The molecular formula is C9H18N2O2. The summed E-state index contributed by atoms with van der Waals surface area (Å²) < 4.78 is 0. The van der Waals surface area contributed by atoms with Gasteiger partial charge in [-0.2, -0.15) is 0 Å². The van der Waals surface area contributed by atoms with Crippen LogP contribution in [0.3, 0.4) is 0 Å². The third kappa shape index (κ3) is 2.97. The van der Waals surface area contributed by atoms with Gasteiger partial charge >= 0.3 is 0 Å². The Morgan fingerprint density at radius 3 is 3.00 bits per heavy atom. The van der Waals surface area contributed by atoms with Crippen LogP contribution in [0.4, 0.5) is 0 Å². The molecule has 1 saturated heterocycles. The zero-order chi connectivity index (χ0) is 9.68. The predicted octanol–water partition coefficient (Wildman–Crippen LogP) is -0.434. The van der Waals surface area contributed by atoms with Crippen LogP contribution in [-0.4, -0.2) is 42.2 Å². The zero-order valence-corrected chi connectivity index (χ0v) is 7.91. The van der Waals surface area contributed by atoms with Gasteiger partial charge in [0, 0.05) is 32.7 Å². The van der Waals surface area contributed by atoms with E-state index in [0.29, 0.717) is 18.9 Å². The van der Waals surface area contributed by atoms with Gasteiger partial charge in [0.25, 0.3) is 0 Å². The minimum atomic E-state index is 0.155. The molecule has 3 N–H and O–H groups in total. The molecule has 0 radical (unpaired) electrons. The molecule has 0 aromatic rings. The van der Waals surface area contributed by atoms with Gasteiger partial charge in [-0.15, -0.1) is 0 Å². The van der Waals surface area contributed by atoms with E-state index in [9.17, 15) is 4.79 Å². The van der Waals surface area contributed by atoms with Crippen LogP contribution >= 0.6 is 0 Å². The lowest BCUT2D eigenvalue weighted by Crippen LogP contribution is -2.30. The Morgan fingerprint density at radius 2 is 2.38 bits per heavy atom. The highest BCUT2D eigenvalue weighted by Crippen LogP contribution is 2.19. The summed E-state index contributed by atoms with van der Waals surface area (Å²) in [5, 5.41) is 8.73. The van der Waals surface area contributed by atoms with Gasteiger partial charge in [-0.3, -0.25) is 4.79 Å². The van der Waals surface area contributed by atoms with Gasteiger partial charge in [-0.1, -0.05) is 0 Å². The van der Waals surface area contributed by atoms with Gasteiger partial charge in [0.2, 0.25) is 5.91 Å². The van der Waals surface area contributed by atoms with Crippen molar-refractivity contribution in [3.05, 3.63) is 0 Å². The highest BCUT2D eigenvalue weighted by Gasteiger charge is 2.24. The van der Waals surface area contributed by atoms with E-state index in [1.165, 1.54) is 0 Å². The molecule has 4 nitrogen and oxygen atoms in total. The second kappa shape index (κ2) is 5.19. The molecule has 1 fully saturated rings. The minimum absolute atomic E-state index is 0.155. The molecule has 1 aliphatic heterocycles. The van der Waals surface area contributed by atoms with Crippen LogP contribution in [-0.2, 0) is 4.79 Å². The Hall–Kier alpha value is -0.610. The fourth-order valence-electron chi connectivity index (χ4n) is 1.76. The highest BCUT2D eigenvalue weighted by molar-refractivity contribution is 5.76. The van der Waals surface area contributed by atoms with Crippen LogP contribution in [0.25, 0.3) is 0 Å². The molecule has 4 heteroatoms. The van der Waals surface area contributed by atoms with Gasteiger partial charge in [0.1, 0.15) is 0 Å². The van der Waals surface area contributed by atoms with Crippen molar-refractivity contribution in [3.63, 3.8) is 0 Å². The van der Waals surface area contributed by atoms with Crippen molar-refractivity contribution in [2.75, 3.05) is 26.2 Å². The Bertz CT molecular complexity index is 173. The van der Waals surface area contributed by atoms with E-state index >= 15 is 0 Å². The number of hydrogen-bond acceptors (Lipinski definition) is 3. The molecule has 1 unspecified atom stereocenters. The minimum Gasteiger partial charge on any atom is -0.396 e. The number of likely N-dealkylation sites (tertiary alicyclic amines) is 1. The van der Waals surface area contributed by atoms with E-state index in [4.69, 9.17) is 10.8 Å². The van der Waals surface area contributed by atoms with Crippen LogP contribution < -0.4 is 5.73 Å². The molecule has 1 rings (SSSR count). The SMILES string of the molecule is NCCC(=O)N1CCC(CCO)C1. The normalized spacial score (nSPS) is 22.3. The largest absolute Gasteiger partial charge is 0.396 e. The van der Waals surface area contributed by atoms with E-state index in [-0.39, 0.29) is 12.5 Å². The highest BCUT2D eigenvalue weighted by atomic mass is 16.3. The third-order valence-electron chi connectivity index (χ3n) is 2.53. The van der Waals surface area contributed by atoms with E-state index in [1.54, 1.807) is 0 Å². The molecule has 0 spiro atoms. The zero-order valence-electron chi connectivity index (χ0n) is 7.91. The fourth-order valence-corrected chi connectivity index (χ4v) is 1.76. The first kappa shape index (κ1) is 10.5. The Morgan fingerprint density at radius 1 is 1.62 bits per heavy atom. The van der Waals surface area contributed by atoms with E-state index in [0.717, 1.165) is 25.9 Å². The summed E-state index contributed by atoms with van der Waals surface area (Å²) in [6.45, 7) is 2.30. The maximum atomic E-state index is 11.4. The van der Waals surface area contributed by atoms with Gasteiger partial charge in [-0.05, 0) is 18.8 Å². The summed E-state index contributed by atoms with van der Waals surface area (Å²) in [4.78, 5) is 13.2. The second-order valence-electron chi connectivity index (χ2n) is 3.55. The molecule has 0 aromatic heterocycles. The first-order valence-electron chi connectivity index (χ1n) is 4.86. The molecule has 1 aliphatic rings. The number of hydrogen-bond donors (Lipinski definition) is 2. The molecule has 0 aliphatic carbocycles. The van der Waals surface area contributed by atoms with Crippen molar-refractivity contribution in [1.29, 1.82) is 0 Å². The maximum absolute atomic E-state index is 11.4. The lowest BCUT2D eigenvalue weighted by molar-refractivity contribution is -0.130. The molecular weight excluding hydrogens is 168 g/mol.